The van der Waals surface area contributed by atoms with Crippen molar-refractivity contribution in [1.82, 2.24) is 0 Å². The Morgan fingerprint density at radius 3 is 1.30 bits per heavy atom. The highest BCUT2D eigenvalue weighted by molar-refractivity contribution is 6.11. The molecule has 2 N–H and O–H groups in total. The number of rotatable bonds is 10. The Bertz CT molecular complexity index is 804. The van der Waals surface area contributed by atoms with Crippen LogP contribution < -0.4 is 10.6 Å². The molecule has 10 nitrogen and oxygen atoms in total. The first kappa shape index (κ1) is 24.5. The van der Waals surface area contributed by atoms with Crippen molar-refractivity contribution in [2.45, 2.75) is 40.5 Å². The average molecular weight is 420 g/mol. The van der Waals surface area contributed by atoms with Gasteiger partial charge >= 0.3 is 11.9 Å². The molecule has 1 aromatic rings. The van der Waals surface area contributed by atoms with E-state index in [4.69, 9.17) is 9.47 Å². The third-order valence-corrected chi connectivity index (χ3v) is 3.52. The summed E-state index contributed by atoms with van der Waals surface area (Å²) in [5.74, 6) is -3.85. The summed E-state index contributed by atoms with van der Waals surface area (Å²) < 4.78 is 9.93. The largest absolute Gasteiger partial charge is 0.462 e. The molecule has 0 fully saturated rings. The van der Waals surface area contributed by atoms with Gasteiger partial charge in [-0.2, -0.15) is 0 Å². The second-order valence-corrected chi connectivity index (χ2v) is 6.24. The molecule has 30 heavy (non-hydrogen) atoms. The van der Waals surface area contributed by atoms with Gasteiger partial charge in [-0.05, 0) is 39.8 Å². The van der Waals surface area contributed by atoms with Gasteiger partial charge in [0.2, 0.25) is 11.8 Å². The summed E-state index contributed by atoms with van der Waals surface area (Å²) in [6, 6.07) is 2.29. The van der Waals surface area contributed by atoms with Crippen LogP contribution in [0.1, 0.15) is 61.3 Å². The zero-order chi connectivity index (χ0) is 22.8. The van der Waals surface area contributed by atoms with Gasteiger partial charge in [0.05, 0.1) is 48.6 Å². The Morgan fingerprint density at radius 1 is 0.700 bits per heavy atom. The van der Waals surface area contributed by atoms with Crippen LogP contribution in [0.25, 0.3) is 0 Å². The Hall–Kier alpha value is -3.56. The summed E-state index contributed by atoms with van der Waals surface area (Å²) in [4.78, 5) is 71.2. The first-order valence-electron chi connectivity index (χ1n) is 9.19. The number of nitrogens with one attached hydrogen (secondary N) is 2. The number of carbonyl (C=O) groups excluding carboxylic acids is 6. The number of ketones is 2. The first-order chi connectivity index (χ1) is 14.1. The zero-order valence-corrected chi connectivity index (χ0v) is 17.2. The van der Waals surface area contributed by atoms with Gasteiger partial charge in [0.15, 0.2) is 0 Å². The van der Waals surface area contributed by atoms with E-state index >= 15 is 0 Å². The molecule has 1 aromatic carbocycles. The molecular weight excluding hydrogens is 396 g/mol. The van der Waals surface area contributed by atoms with E-state index in [0.29, 0.717) is 0 Å². The number of hydrogen-bond acceptors (Lipinski definition) is 8. The molecule has 0 aromatic heterocycles. The van der Waals surface area contributed by atoms with Crippen LogP contribution >= 0.6 is 0 Å². The second-order valence-electron chi connectivity index (χ2n) is 6.24. The number of amides is 2. The molecule has 0 aliphatic carbocycles. The summed E-state index contributed by atoms with van der Waals surface area (Å²) in [5, 5.41) is 4.79. The van der Waals surface area contributed by atoms with Gasteiger partial charge in [-0.25, -0.2) is 9.59 Å². The molecule has 0 atom stereocenters. The van der Waals surface area contributed by atoms with Crippen molar-refractivity contribution in [3.8, 4) is 0 Å². The molecule has 0 radical (unpaired) electrons. The molecule has 0 unspecified atom stereocenters. The molecule has 0 aliphatic heterocycles. The van der Waals surface area contributed by atoms with Crippen LogP contribution in [0.15, 0.2) is 12.1 Å². The predicted octanol–water partition coefficient (Wildman–Crippen LogP) is 1.88. The topological polar surface area (TPSA) is 145 Å². The fourth-order valence-corrected chi connectivity index (χ4v) is 2.40. The molecule has 2 amide bonds. The first-order valence-corrected chi connectivity index (χ1v) is 9.19. The molecule has 0 saturated heterocycles. The molecule has 0 bridgehead atoms. The van der Waals surface area contributed by atoms with Gasteiger partial charge < -0.3 is 20.1 Å². The molecule has 10 heteroatoms. The predicted molar refractivity (Wildman–Crippen MR) is 106 cm³/mol. The van der Waals surface area contributed by atoms with Crippen molar-refractivity contribution in [1.29, 1.82) is 0 Å². The van der Waals surface area contributed by atoms with Gasteiger partial charge in [0, 0.05) is 0 Å². The van der Waals surface area contributed by atoms with E-state index in [1.54, 1.807) is 13.8 Å². The number of esters is 2. The minimum Gasteiger partial charge on any atom is -0.462 e. The monoisotopic (exact) mass is 420 g/mol. The number of Topliss-reactive ketones (excluding diaryl/α,β-unsaturated/α-hetero) is 2. The summed E-state index contributed by atoms with van der Waals surface area (Å²) in [6.45, 7) is 5.67. The lowest BCUT2D eigenvalue weighted by Crippen LogP contribution is -2.21. The van der Waals surface area contributed by atoms with E-state index in [9.17, 15) is 28.8 Å². The molecule has 0 saturated carbocycles. The van der Waals surface area contributed by atoms with E-state index in [-0.39, 0.29) is 35.7 Å². The molecule has 0 heterocycles. The number of ether oxygens (including phenoxy) is 2. The van der Waals surface area contributed by atoms with E-state index in [1.165, 1.54) is 13.8 Å². The van der Waals surface area contributed by atoms with Crippen molar-refractivity contribution in [3.05, 3.63) is 23.3 Å². The lowest BCUT2D eigenvalue weighted by atomic mass is 10.0. The quantitative estimate of drug-likeness (QED) is 0.431. The Morgan fingerprint density at radius 2 is 1.03 bits per heavy atom. The molecular formula is C20H24N2O8. The van der Waals surface area contributed by atoms with Crippen LogP contribution in [0.4, 0.5) is 11.4 Å². The van der Waals surface area contributed by atoms with Gasteiger partial charge in [-0.15, -0.1) is 0 Å². The smallest absolute Gasteiger partial charge is 0.340 e. The maximum absolute atomic E-state index is 12.4. The maximum atomic E-state index is 12.4. The van der Waals surface area contributed by atoms with Crippen LogP contribution in [0.3, 0.4) is 0 Å². The standard InChI is InChI=1S/C20H24N2O8/c1-5-29-19(27)13-9-16(22-18(26)8-12(4)24)14(20(28)30-6-2)10-15(13)21-17(25)7-11(3)23/h9-10H,5-8H2,1-4H3,(H,21,25)(H,22,26). The van der Waals surface area contributed by atoms with Crippen LogP contribution in [-0.2, 0) is 28.7 Å². The third-order valence-electron chi connectivity index (χ3n) is 3.52. The molecule has 162 valence electrons. The van der Waals surface area contributed by atoms with E-state index in [0.717, 1.165) is 12.1 Å². The van der Waals surface area contributed by atoms with E-state index in [1.807, 2.05) is 0 Å². The highest BCUT2D eigenvalue weighted by Gasteiger charge is 2.23. The van der Waals surface area contributed by atoms with Crippen molar-refractivity contribution in [2.24, 2.45) is 0 Å². The second kappa shape index (κ2) is 11.4. The van der Waals surface area contributed by atoms with Crippen molar-refractivity contribution >= 4 is 46.7 Å². The van der Waals surface area contributed by atoms with Gasteiger partial charge in [-0.1, -0.05) is 0 Å². The Balaban J connectivity index is 3.51. The highest BCUT2D eigenvalue weighted by Crippen LogP contribution is 2.28. The van der Waals surface area contributed by atoms with Crippen LogP contribution in [0, 0.1) is 0 Å². The summed E-state index contributed by atoms with van der Waals surface area (Å²) in [6.07, 6.45) is -0.873. The number of benzene rings is 1. The summed E-state index contributed by atoms with van der Waals surface area (Å²) in [5.41, 5.74) is -0.487. The Labute approximate surface area is 173 Å². The molecule has 0 spiro atoms. The lowest BCUT2D eigenvalue weighted by molar-refractivity contribution is -0.125. The van der Waals surface area contributed by atoms with Gasteiger partial charge in [0.1, 0.15) is 11.6 Å². The Kier molecular flexibility index (Phi) is 9.34. The van der Waals surface area contributed by atoms with Gasteiger partial charge in [-0.3, -0.25) is 19.2 Å². The minimum absolute atomic E-state index is 0.0331. The highest BCUT2D eigenvalue weighted by atomic mass is 16.5. The number of hydrogen-bond donors (Lipinski definition) is 2. The SMILES string of the molecule is CCOC(=O)c1cc(NC(=O)CC(C)=O)c(C(=O)OCC)cc1NC(=O)CC(C)=O. The number of anilines is 2. The van der Waals surface area contributed by atoms with Crippen molar-refractivity contribution in [3.63, 3.8) is 0 Å². The van der Waals surface area contributed by atoms with Crippen molar-refractivity contribution < 1.29 is 38.2 Å². The van der Waals surface area contributed by atoms with Crippen molar-refractivity contribution in [2.75, 3.05) is 23.8 Å². The van der Waals surface area contributed by atoms with Gasteiger partial charge in [0.25, 0.3) is 0 Å². The minimum atomic E-state index is -0.826. The lowest BCUT2D eigenvalue weighted by Gasteiger charge is -2.16. The average Bonchev–Trinajstić information content (AvgIpc) is 2.61. The summed E-state index contributed by atoms with van der Waals surface area (Å²) in [7, 11) is 0. The van der Waals surface area contributed by atoms with Crippen LogP contribution in [0.5, 0.6) is 0 Å². The third kappa shape index (κ3) is 7.46. The number of carbonyl (C=O) groups is 6. The maximum Gasteiger partial charge on any atom is 0.340 e. The fraction of sp³-hybridized carbons (Fsp3) is 0.400. The van der Waals surface area contributed by atoms with E-state index < -0.39 is 48.2 Å². The summed E-state index contributed by atoms with van der Waals surface area (Å²) >= 11 is 0. The van der Waals surface area contributed by atoms with Crippen LogP contribution in [0.2, 0.25) is 0 Å². The normalized spacial score (nSPS) is 10.0. The zero-order valence-electron chi connectivity index (χ0n) is 17.2. The van der Waals surface area contributed by atoms with E-state index in [2.05, 4.69) is 10.6 Å². The van der Waals surface area contributed by atoms with Crippen LogP contribution in [-0.4, -0.2) is 48.5 Å². The molecule has 1 rings (SSSR count). The molecule has 0 aliphatic rings. The fourth-order valence-electron chi connectivity index (χ4n) is 2.40.